The van der Waals surface area contributed by atoms with Crippen LogP contribution in [-0.2, 0) is 9.59 Å². The molecule has 1 atom stereocenters. The molecule has 1 aromatic carbocycles. The van der Waals surface area contributed by atoms with E-state index in [9.17, 15) is 9.59 Å². The Hall–Kier alpha value is -1.92. The first-order valence-corrected chi connectivity index (χ1v) is 9.90. The predicted octanol–water partition coefficient (Wildman–Crippen LogP) is 4.36. The summed E-state index contributed by atoms with van der Waals surface area (Å²) in [6.45, 7) is 6.54. The van der Waals surface area contributed by atoms with Gasteiger partial charge in [-0.3, -0.25) is 9.59 Å². The lowest BCUT2D eigenvalue weighted by Crippen LogP contribution is -2.47. The lowest BCUT2D eigenvalue weighted by atomic mass is 10.0. The summed E-state index contributed by atoms with van der Waals surface area (Å²) < 4.78 is 0. The zero-order valence-corrected chi connectivity index (χ0v) is 16.7. The van der Waals surface area contributed by atoms with E-state index >= 15 is 0 Å². The highest BCUT2D eigenvalue weighted by molar-refractivity contribution is 7.16. The normalized spacial score (nSPS) is 15.6. The van der Waals surface area contributed by atoms with Crippen LogP contribution in [0.25, 0.3) is 11.3 Å². The molecular formula is C19H22ClN3O2S. The van der Waals surface area contributed by atoms with Gasteiger partial charge in [-0.2, -0.15) is 0 Å². The fourth-order valence-electron chi connectivity index (χ4n) is 3.27. The fraction of sp³-hybridized carbons (Fsp3) is 0.421. The first-order valence-electron chi connectivity index (χ1n) is 8.70. The van der Waals surface area contributed by atoms with Crippen LogP contribution in [0.4, 0.5) is 5.13 Å². The number of nitrogens with zero attached hydrogens (tertiary/aromatic N) is 2. The minimum absolute atomic E-state index is 0.0360. The largest absolute Gasteiger partial charge is 0.330 e. The van der Waals surface area contributed by atoms with Crippen molar-refractivity contribution in [3.05, 3.63) is 34.2 Å². The van der Waals surface area contributed by atoms with Crippen molar-refractivity contribution in [2.45, 2.75) is 39.7 Å². The Morgan fingerprint density at radius 1 is 1.31 bits per heavy atom. The number of aromatic nitrogens is 1. The molecule has 7 heteroatoms. The van der Waals surface area contributed by atoms with Gasteiger partial charge in [0.2, 0.25) is 11.8 Å². The monoisotopic (exact) mass is 391 g/mol. The van der Waals surface area contributed by atoms with Gasteiger partial charge < -0.3 is 10.2 Å². The van der Waals surface area contributed by atoms with Crippen molar-refractivity contribution in [3.8, 4) is 11.3 Å². The number of amides is 2. The molecule has 2 amide bonds. The summed E-state index contributed by atoms with van der Waals surface area (Å²) in [4.78, 5) is 32.2. The third-order valence-electron chi connectivity index (χ3n) is 4.49. The topological polar surface area (TPSA) is 62.3 Å². The number of carbonyl (C=O) groups excluding carboxylic acids is 2. The molecule has 5 nitrogen and oxygen atoms in total. The van der Waals surface area contributed by atoms with Crippen molar-refractivity contribution in [1.29, 1.82) is 0 Å². The van der Waals surface area contributed by atoms with E-state index in [-0.39, 0.29) is 17.7 Å². The molecule has 138 valence electrons. The summed E-state index contributed by atoms with van der Waals surface area (Å²) in [5.74, 6) is -0.0866. The third kappa shape index (κ3) is 3.91. The molecule has 0 saturated carbocycles. The third-order valence-corrected chi connectivity index (χ3v) is 5.63. The minimum Gasteiger partial charge on any atom is -0.330 e. The molecule has 1 unspecified atom stereocenters. The van der Waals surface area contributed by atoms with Gasteiger partial charge in [-0.25, -0.2) is 4.98 Å². The van der Waals surface area contributed by atoms with Crippen molar-refractivity contribution in [2.24, 2.45) is 5.92 Å². The van der Waals surface area contributed by atoms with Crippen molar-refractivity contribution in [2.75, 3.05) is 11.9 Å². The number of likely N-dealkylation sites (tertiary alicyclic amines) is 1. The maximum absolute atomic E-state index is 12.8. The van der Waals surface area contributed by atoms with Gasteiger partial charge in [-0.05, 0) is 31.4 Å². The van der Waals surface area contributed by atoms with Crippen LogP contribution in [0.3, 0.4) is 0 Å². The van der Waals surface area contributed by atoms with Gasteiger partial charge in [0.1, 0.15) is 6.04 Å². The number of anilines is 1. The maximum Gasteiger partial charge on any atom is 0.249 e. The summed E-state index contributed by atoms with van der Waals surface area (Å²) in [6, 6.07) is 7.00. The Morgan fingerprint density at radius 3 is 2.58 bits per heavy atom. The second-order valence-electron chi connectivity index (χ2n) is 6.80. The van der Waals surface area contributed by atoms with E-state index in [1.165, 1.54) is 11.3 Å². The summed E-state index contributed by atoms with van der Waals surface area (Å²) in [6.07, 6.45) is 1.33. The number of rotatable bonds is 5. The lowest BCUT2D eigenvalue weighted by molar-refractivity contribution is -0.136. The Bertz CT molecular complexity index is 817. The molecular weight excluding hydrogens is 370 g/mol. The molecule has 1 aliphatic rings. The Labute approximate surface area is 162 Å². The first kappa shape index (κ1) is 18.9. The van der Waals surface area contributed by atoms with E-state index in [1.807, 2.05) is 45.0 Å². The number of benzene rings is 1. The van der Waals surface area contributed by atoms with Crippen LogP contribution in [0.2, 0.25) is 5.02 Å². The summed E-state index contributed by atoms with van der Waals surface area (Å²) >= 11 is 7.38. The van der Waals surface area contributed by atoms with Gasteiger partial charge in [0.15, 0.2) is 5.13 Å². The highest BCUT2D eigenvalue weighted by Gasteiger charge is 2.35. The van der Waals surface area contributed by atoms with E-state index < -0.39 is 6.04 Å². The molecule has 1 aliphatic heterocycles. The van der Waals surface area contributed by atoms with Gasteiger partial charge in [-0.1, -0.05) is 37.6 Å². The zero-order chi connectivity index (χ0) is 18.8. The zero-order valence-electron chi connectivity index (χ0n) is 15.1. The van der Waals surface area contributed by atoms with E-state index in [0.717, 1.165) is 22.6 Å². The van der Waals surface area contributed by atoms with Crippen LogP contribution in [0, 0.1) is 12.8 Å². The molecule has 1 N–H and O–H groups in total. The second kappa shape index (κ2) is 7.76. The number of hydrogen-bond acceptors (Lipinski definition) is 4. The van der Waals surface area contributed by atoms with Crippen molar-refractivity contribution in [1.82, 2.24) is 9.88 Å². The Kier molecular flexibility index (Phi) is 5.63. The van der Waals surface area contributed by atoms with Crippen molar-refractivity contribution >= 4 is 39.9 Å². The lowest BCUT2D eigenvalue weighted by Gasteiger charge is -2.29. The van der Waals surface area contributed by atoms with E-state index in [4.69, 9.17) is 11.6 Å². The van der Waals surface area contributed by atoms with Gasteiger partial charge in [0, 0.05) is 28.4 Å². The molecule has 0 radical (unpaired) electrons. The van der Waals surface area contributed by atoms with E-state index in [2.05, 4.69) is 10.3 Å². The molecule has 3 rings (SSSR count). The first-order chi connectivity index (χ1) is 12.4. The van der Waals surface area contributed by atoms with Crippen LogP contribution in [0.1, 0.15) is 31.6 Å². The van der Waals surface area contributed by atoms with Crippen molar-refractivity contribution < 1.29 is 9.59 Å². The molecule has 2 heterocycles. The molecule has 1 fully saturated rings. The Balaban J connectivity index is 1.79. The molecule has 0 bridgehead atoms. The van der Waals surface area contributed by atoms with E-state index in [0.29, 0.717) is 23.1 Å². The number of hydrogen-bond donors (Lipinski definition) is 1. The summed E-state index contributed by atoms with van der Waals surface area (Å²) in [5, 5.41) is 4.13. The standard InChI is InChI=1S/C19H22ClN3O2S/c1-11(2)17(23-10-4-5-15(23)24)18(25)22-19-21-16(12(3)26-19)13-6-8-14(20)9-7-13/h6-9,11,17H,4-5,10H2,1-3H3,(H,21,22,25). The van der Waals surface area contributed by atoms with Crippen LogP contribution < -0.4 is 5.32 Å². The molecule has 1 aromatic heterocycles. The van der Waals surface area contributed by atoms with Crippen LogP contribution in [0.15, 0.2) is 24.3 Å². The maximum atomic E-state index is 12.8. The van der Waals surface area contributed by atoms with Crippen LogP contribution in [0.5, 0.6) is 0 Å². The number of halogens is 1. The molecule has 0 aliphatic carbocycles. The van der Waals surface area contributed by atoms with Gasteiger partial charge in [0.25, 0.3) is 0 Å². The summed E-state index contributed by atoms with van der Waals surface area (Å²) in [7, 11) is 0. The Morgan fingerprint density at radius 2 is 2.00 bits per heavy atom. The average Bonchev–Trinajstić information content (AvgIpc) is 3.14. The van der Waals surface area contributed by atoms with Gasteiger partial charge >= 0.3 is 0 Å². The average molecular weight is 392 g/mol. The molecule has 26 heavy (non-hydrogen) atoms. The number of thiazole rings is 1. The fourth-order valence-corrected chi connectivity index (χ4v) is 4.24. The molecule has 0 spiro atoms. The number of aryl methyl sites for hydroxylation is 1. The minimum atomic E-state index is -0.465. The quantitative estimate of drug-likeness (QED) is 0.823. The SMILES string of the molecule is Cc1sc(NC(=O)C(C(C)C)N2CCCC2=O)nc1-c1ccc(Cl)cc1. The van der Waals surface area contributed by atoms with Crippen LogP contribution >= 0.6 is 22.9 Å². The molecule has 2 aromatic rings. The van der Waals surface area contributed by atoms with Crippen LogP contribution in [-0.4, -0.2) is 34.3 Å². The highest BCUT2D eigenvalue weighted by Crippen LogP contribution is 2.31. The van der Waals surface area contributed by atoms with Gasteiger partial charge in [0.05, 0.1) is 5.69 Å². The second-order valence-corrected chi connectivity index (χ2v) is 8.44. The molecule has 1 saturated heterocycles. The number of carbonyl (C=O) groups is 2. The predicted molar refractivity (Wildman–Crippen MR) is 105 cm³/mol. The van der Waals surface area contributed by atoms with E-state index in [1.54, 1.807) is 4.90 Å². The highest BCUT2D eigenvalue weighted by atomic mass is 35.5. The summed E-state index contributed by atoms with van der Waals surface area (Å²) in [5.41, 5.74) is 1.79. The smallest absolute Gasteiger partial charge is 0.249 e. The number of nitrogens with one attached hydrogen (secondary N) is 1. The van der Waals surface area contributed by atoms with Crippen molar-refractivity contribution in [3.63, 3.8) is 0 Å². The van der Waals surface area contributed by atoms with Gasteiger partial charge in [-0.15, -0.1) is 11.3 Å².